The van der Waals surface area contributed by atoms with E-state index in [0.717, 1.165) is 0 Å². The van der Waals surface area contributed by atoms with Crippen LogP contribution in [0.5, 0.6) is 0 Å². The minimum absolute atomic E-state index is 0.182. The van der Waals surface area contributed by atoms with Gasteiger partial charge in [0, 0.05) is 11.4 Å². The largest absolute Gasteiger partial charge is 0.322 e. The van der Waals surface area contributed by atoms with Crippen molar-refractivity contribution in [2.75, 3.05) is 10.6 Å². The molecule has 4 rings (SSSR count). The zero-order valence-electron chi connectivity index (χ0n) is 15.9. The third kappa shape index (κ3) is 3.99. The highest BCUT2D eigenvalue weighted by molar-refractivity contribution is 7.12. The van der Waals surface area contributed by atoms with Crippen LogP contribution in [0.25, 0.3) is 5.69 Å². The SMILES string of the molecule is Cc1c(C(=O)Nc2ccc(NC(=O)c3cccs3)cc2)cnn1-c1ccccc1F. The predicted molar refractivity (Wildman–Crippen MR) is 115 cm³/mol. The summed E-state index contributed by atoms with van der Waals surface area (Å²) in [5.41, 5.74) is 2.33. The predicted octanol–water partition coefficient (Wildman–Crippen LogP) is 4.89. The quantitative estimate of drug-likeness (QED) is 0.483. The van der Waals surface area contributed by atoms with Crippen LogP contribution >= 0.6 is 11.3 Å². The van der Waals surface area contributed by atoms with E-state index in [-0.39, 0.29) is 17.5 Å². The van der Waals surface area contributed by atoms with Crippen LogP contribution in [0.15, 0.2) is 72.2 Å². The molecule has 0 fully saturated rings. The minimum Gasteiger partial charge on any atom is -0.322 e. The molecule has 0 aliphatic carbocycles. The highest BCUT2D eigenvalue weighted by Gasteiger charge is 2.17. The number of rotatable bonds is 5. The lowest BCUT2D eigenvalue weighted by Gasteiger charge is -2.08. The fourth-order valence-corrected chi connectivity index (χ4v) is 3.55. The number of benzene rings is 2. The lowest BCUT2D eigenvalue weighted by molar-refractivity contribution is 0.101. The summed E-state index contributed by atoms with van der Waals surface area (Å²) in [6.45, 7) is 1.71. The molecule has 0 radical (unpaired) electrons. The summed E-state index contributed by atoms with van der Waals surface area (Å²) in [5, 5.41) is 11.6. The fraction of sp³-hybridized carbons (Fsp3) is 0.0455. The van der Waals surface area contributed by atoms with Gasteiger partial charge in [-0.25, -0.2) is 9.07 Å². The van der Waals surface area contributed by atoms with Gasteiger partial charge in [-0.2, -0.15) is 5.10 Å². The minimum atomic E-state index is -0.421. The molecule has 0 aliphatic rings. The van der Waals surface area contributed by atoms with Crippen molar-refractivity contribution in [2.24, 2.45) is 0 Å². The molecule has 0 atom stereocenters. The van der Waals surface area contributed by atoms with E-state index in [2.05, 4.69) is 15.7 Å². The molecule has 2 N–H and O–H groups in total. The Hall–Kier alpha value is -3.78. The van der Waals surface area contributed by atoms with Crippen molar-refractivity contribution in [3.63, 3.8) is 0 Å². The molecule has 150 valence electrons. The number of anilines is 2. The Bertz CT molecular complexity index is 1200. The first-order chi connectivity index (χ1) is 14.5. The molecule has 0 unspecified atom stereocenters. The molecule has 2 amide bonds. The lowest BCUT2D eigenvalue weighted by atomic mass is 10.2. The van der Waals surface area contributed by atoms with Crippen molar-refractivity contribution in [3.05, 3.63) is 94.2 Å². The van der Waals surface area contributed by atoms with Crippen LogP contribution in [0.4, 0.5) is 15.8 Å². The summed E-state index contributed by atoms with van der Waals surface area (Å²) in [6.07, 6.45) is 1.41. The zero-order valence-corrected chi connectivity index (χ0v) is 16.7. The van der Waals surface area contributed by atoms with Gasteiger partial charge in [0.05, 0.1) is 22.3 Å². The van der Waals surface area contributed by atoms with E-state index in [1.165, 1.54) is 28.3 Å². The Balaban J connectivity index is 1.46. The number of halogens is 1. The number of para-hydroxylation sites is 1. The van der Waals surface area contributed by atoms with Crippen molar-refractivity contribution >= 4 is 34.5 Å². The molecule has 4 aromatic rings. The number of nitrogens with one attached hydrogen (secondary N) is 2. The van der Waals surface area contributed by atoms with E-state index < -0.39 is 5.82 Å². The summed E-state index contributed by atoms with van der Waals surface area (Å²) in [4.78, 5) is 25.4. The molecular weight excluding hydrogens is 403 g/mol. The number of aromatic nitrogens is 2. The monoisotopic (exact) mass is 420 g/mol. The highest BCUT2D eigenvalue weighted by atomic mass is 32.1. The second-order valence-electron chi connectivity index (χ2n) is 6.47. The van der Waals surface area contributed by atoms with Crippen molar-refractivity contribution in [3.8, 4) is 5.69 Å². The van der Waals surface area contributed by atoms with Crippen molar-refractivity contribution in [1.29, 1.82) is 0 Å². The number of nitrogens with zero attached hydrogens (tertiary/aromatic N) is 2. The van der Waals surface area contributed by atoms with Gasteiger partial charge in [0.15, 0.2) is 0 Å². The molecule has 0 saturated heterocycles. The summed E-state index contributed by atoms with van der Waals surface area (Å²) >= 11 is 1.36. The van der Waals surface area contributed by atoms with E-state index in [0.29, 0.717) is 27.5 Å². The van der Waals surface area contributed by atoms with Crippen molar-refractivity contribution in [2.45, 2.75) is 6.92 Å². The molecule has 2 aromatic carbocycles. The first kappa shape index (κ1) is 19.5. The molecule has 2 heterocycles. The van der Waals surface area contributed by atoms with E-state index in [1.807, 2.05) is 11.4 Å². The van der Waals surface area contributed by atoms with E-state index in [4.69, 9.17) is 0 Å². The Kier molecular flexibility index (Phi) is 5.40. The Morgan fingerprint density at radius 1 is 0.933 bits per heavy atom. The standard InChI is InChI=1S/C22H17FN4O2S/c1-14-17(13-24-27(14)19-6-3-2-5-18(19)23)21(28)25-15-8-10-16(11-9-15)26-22(29)20-7-4-12-30-20/h2-13H,1H3,(H,25,28)(H,26,29). The van der Waals surface area contributed by atoms with Crippen LogP contribution in [0.3, 0.4) is 0 Å². The number of hydrogen-bond acceptors (Lipinski definition) is 4. The second kappa shape index (κ2) is 8.30. The second-order valence-corrected chi connectivity index (χ2v) is 7.42. The van der Waals surface area contributed by atoms with Crippen LogP contribution < -0.4 is 10.6 Å². The maximum Gasteiger partial charge on any atom is 0.265 e. The zero-order chi connectivity index (χ0) is 21.1. The topological polar surface area (TPSA) is 76.0 Å². The van der Waals surface area contributed by atoms with E-state index in [9.17, 15) is 14.0 Å². The molecule has 0 saturated carbocycles. The molecule has 6 nitrogen and oxygen atoms in total. The fourth-order valence-electron chi connectivity index (χ4n) is 2.93. The smallest absolute Gasteiger partial charge is 0.265 e. The summed E-state index contributed by atoms with van der Waals surface area (Å²) in [7, 11) is 0. The van der Waals surface area contributed by atoms with Crippen molar-refractivity contribution < 1.29 is 14.0 Å². The van der Waals surface area contributed by atoms with Crippen LogP contribution in [-0.2, 0) is 0 Å². The van der Waals surface area contributed by atoms with Crippen LogP contribution in [0.2, 0.25) is 0 Å². The van der Waals surface area contributed by atoms with Gasteiger partial charge in [-0.15, -0.1) is 11.3 Å². The van der Waals surface area contributed by atoms with Gasteiger partial charge in [-0.1, -0.05) is 18.2 Å². The normalized spacial score (nSPS) is 10.6. The first-order valence-electron chi connectivity index (χ1n) is 9.09. The average Bonchev–Trinajstić information content (AvgIpc) is 3.40. The molecule has 2 aromatic heterocycles. The Morgan fingerprint density at radius 3 is 2.23 bits per heavy atom. The maximum absolute atomic E-state index is 14.0. The lowest BCUT2D eigenvalue weighted by Crippen LogP contribution is -2.14. The molecular formula is C22H17FN4O2S. The summed E-state index contributed by atoms with van der Waals surface area (Å²) < 4.78 is 15.4. The average molecular weight is 420 g/mol. The summed E-state index contributed by atoms with van der Waals surface area (Å²) in [5.74, 6) is -0.959. The van der Waals surface area contributed by atoms with Gasteiger partial charge in [0.25, 0.3) is 11.8 Å². The van der Waals surface area contributed by atoms with Crippen molar-refractivity contribution in [1.82, 2.24) is 9.78 Å². The van der Waals surface area contributed by atoms with Gasteiger partial charge in [0.1, 0.15) is 11.5 Å². The van der Waals surface area contributed by atoms with E-state index >= 15 is 0 Å². The van der Waals surface area contributed by atoms with Gasteiger partial charge in [-0.05, 0) is 54.8 Å². The molecule has 8 heteroatoms. The van der Waals surface area contributed by atoms with Gasteiger partial charge >= 0.3 is 0 Å². The Labute approximate surface area is 176 Å². The van der Waals surface area contributed by atoms with Gasteiger partial charge < -0.3 is 10.6 Å². The number of hydrogen-bond donors (Lipinski definition) is 2. The molecule has 0 bridgehead atoms. The van der Waals surface area contributed by atoms with Gasteiger partial charge in [0.2, 0.25) is 0 Å². The molecule has 0 aliphatic heterocycles. The van der Waals surface area contributed by atoms with Crippen LogP contribution in [0, 0.1) is 12.7 Å². The van der Waals surface area contributed by atoms with Crippen LogP contribution in [0.1, 0.15) is 25.7 Å². The number of thiophene rings is 1. The third-order valence-corrected chi connectivity index (χ3v) is 5.35. The molecule has 0 spiro atoms. The third-order valence-electron chi connectivity index (χ3n) is 4.48. The molecule has 30 heavy (non-hydrogen) atoms. The van der Waals surface area contributed by atoms with Gasteiger partial charge in [-0.3, -0.25) is 9.59 Å². The number of carbonyl (C=O) groups is 2. The van der Waals surface area contributed by atoms with Crippen LogP contribution in [-0.4, -0.2) is 21.6 Å². The maximum atomic E-state index is 14.0. The number of amides is 2. The number of carbonyl (C=O) groups excluding carboxylic acids is 2. The summed E-state index contributed by atoms with van der Waals surface area (Å²) in [6, 6.07) is 16.6. The highest BCUT2D eigenvalue weighted by Crippen LogP contribution is 2.20. The van der Waals surface area contributed by atoms with E-state index in [1.54, 1.807) is 55.5 Å². The first-order valence-corrected chi connectivity index (χ1v) is 9.96. The Morgan fingerprint density at radius 2 is 1.60 bits per heavy atom.